The maximum absolute atomic E-state index is 12.5. The summed E-state index contributed by atoms with van der Waals surface area (Å²) in [7, 11) is 3.74. The average Bonchev–Trinajstić information content (AvgIpc) is 3.23. The molecule has 1 N–H and O–H groups in total. The van der Waals surface area contributed by atoms with Crippen molar-refractivity contribution in [2.45, 2.75) is 45.2 Å². The van der Waals surface area contributed by atoms with Crippen LogP contribution in [0.4, 0.5) is 0 Å². The summed E-state index contributed by atoms with van der Waals surface area (Å²) in [5, 5.41) is 3.41. The molecular formula is C15H30N2O3. The van der Waals surface area contributed by atoms with Crippen molar-refractivity contribution in [3.05, 3.63) is 0 Å². The van der Waals surface area contributed by atoms with Gasteiger partial charge in [-0.1, -0.05) is 6.92 Å². The third-order valence-electron chi connectivity index (χ3n) is 4.07. The van der Waals surface area contributed by atoms with Crippen LogP contribution in [0.15, 0.2) is 0 Å². The van der Waals surface area contributed by atoms with Gasteiger partial charge in [0, 0.05) is 19.7 Å². The van der Waals surface area contributed by atoms with Gasteiger partial charge >= 0.3 is 5.97 Å². The Morgan fingerprint density at radius 2 is 2.10 bits per heavy atom. The number of ether oxygens (including phenoxy) is 2. The molecule has 0 aliphatic heterocycles. The van der Waals surface area contributed by atoms with E-state index in [1.54, 1.807) is 7.11 Å². The van der Waals surface area contributed by atoms with Crippen LogP contribution in [-0.2, 0) is 14.3 Å². The SMILES string of the molecule is CCNC(CN(C)C(C)COC)(C(=O)OCC)C1CC1. The molecule has 2 atom stereocenters. The zero-order chi connectivity index (χ0) is 15.2. The van der Waals surface area contributed by atoms with Gasteiger partial charge < -0.3 is 14.8 Å². The Balaban J connectivity index is 2.83. The molecule has 0 heterocycles. The summed E-state index contributed by atoms with van der Waals surface area (Å²) in [6.07, 6.45) is 2.19. The van der Waals surface area contributed by atoms with Gasteiger partial charge in [-0.15, -0.1) is 0 Å². The van der Waals surface area contributed by atoms with E-state index in [1.807, 2.05) is 20.9 Å². The molecule has 1 aliphatic rings. The van der Waals surface area contributed by atoms with Crippen molar-refractivity contribution < 1.29 is 14.3 Å². The second-order valence-corrected chi connectivity index (χ2v) is 5.72. The highest BCUT2D eigenvalue weighted by Crippen LogP contribution is 2.41. The highest BCUT2D eigenvalue weighted by molar-refractivity contribution is 5.82. The molecule has 0 spiro atoms. The summed E-state index contributed by atoms with van der Waals surface area (Å²) in [5.74, 6) is 0.277. The third-order valence-corrected chi connectivity index (χ3v) is 4.07. The van der Waals surface area contributed by atoms with Crippen LogP contribution >= 0.6 is 0 Å². The van der Waals surface area contributed by atoms with Crippen LogP contribution in [0.3, 0.4) is 0 Å². The number of nitrogens with one attached hydrogen (secondary N) is 1. The third kappa shape index (κ3) is 4.17. The monoisotopic (exact) mass is 286 g/mol. The maximum atomic E-state index is 12.5. The summed E-state index contributed by atoms with van der Waals surface area (Å²) in [6.45, 7) is 8.52. The fourth-order valence-electron chi connectivity index (χ4n) is 2.70. The van der Waals surface area contributed by atoms with Crippen LogP contribution in [0.1, 0.15) is 33.6 Å². The number of rotatable bonds is 10. The zero-order valence-corrected chi connectivity index (χ0v) is 13.6. The van der Waals surface area contributed by atoms with Gasteiger partial charge in [0.1, 0.15) is 5.54 Å². The summed E-state index contributed by atoms with van der Waals surface area (Å²) in [5.41, 5.74) is -0.568. The fourth-order valence-corrected chi connectivity index (χ4v) is 2.70. The molecule has 2 unspecified atom stereocenters. The molecule has 0 aromatic rings. The van der Waals surface area contributed by atoms with Crippen LogP contribution in [0.5, 0.6) is 0 Å². The van der Waals surface area contributed by atoms with Gasteiger partial charge in [0.15, 0.2) is 0 Å². The predicted octanol–water partition coefficient (Wildman–Crippen LogP) is 1.27. The number of esters is 1. The molecule has 0 amide bonds. The van der Waals surface area contributed by atoms with Crippen molar-refractivity contribution in [1.29, 1.82) is 0 Å². The Kier molecular flexibility index (Phi) is 6.92. The largest absolute Gasteiger partial charge is 0.465 e. The molecule has 0 aromatic carbocycles. The quantitative estimate of drug-likeness (QED) is 0.613. The van der Waals surface area contributed by atoms with Gasteiger partial charge in [-0.25, -0.2) is 4.79 Å². The van der Waals surface area contributed by atoms with Gasteiger partial charge in [0.2, 0.25) is 0 Å². The number of carbonyl (C=O) groups is 1. The molecule has 20 heavy (non-hydrogen) atoms. The van der Waals surface area contributed by atoms with Gasteiger partial charge in [0.05, 0.1) is 13.2 Å². The summed E-state index contributed by atoms with van der Waals surface area (Å²) in [6, 6.07) is 0.270. The van der Waals surface area contributed by atoms with Crippen molar-refractivity contribution >= 4 is 5.97 Å². The van der Waals surface area contributed by atoms with E-state index >= 15 is 0 Å². The maximum Gasteiger partial charge on any atom is 0.327 e. The van der Waals surface area contributed by atoms with E-state index in [2.05, 4.69) is 17.1 Å². The molecule has 1 fully saturated rings. The molecule has 5 nitrogen and oxygen atoms in total. The smallest absolute Gasteiger partial charge is 0.327 e. The average molecular weight is 286 g/mol. The van der Waals surface area contributed by atoms with Crippen molar-refractivity contribution in [3.63, 3.8) is 0 Å². The first-order valence-electron chi connectivity index (χ1n) is 7.63. The first kappa shape index (κ1) is 17.4. The fraction of sp³-hybridized carbons (Fsp3) is 0.933. The molecule has 1 rings (SSSR count). The van der Waals surface area contributed by atoms with Crippen LogP contribution in [0.25, 0.3) is 0 Å². The standard InChI is InChI=1S/C15H30N2O3/c1-6-16-15(13-8-9-13,14(18)20-7-2)11-17(4)12(3)10-19-5/h12-13,16H,6-11H2,1-5H3. The van der Waals surface area contributed by atoms with E-state index < -0.39 is 5.54 Å². The molecule has 0 saturated heterocycles. The second kappa shape index (κ2) is 7.96. The number of hydrogen-bond acceptors (Lipinski definition) is 5. The highest BCUT2D eigenvalue weighted by atomic mass is 16.5. The lowest BCUT2D eigenvalue weighted by Gasteiger charge is -2.38. The minimum atomic E-state index is -0.568. The summed E-state index contributed by atoms with van der Waals surface area (Å²) in [4.78, 5) is 14.7. The van der Waals surface area contributed by atoms with E-state index in [0.29, 0.717) is 25.7 Å². The number of likely N-dealkylation sites (N-methyl/N-ethyl adjacent to an activating group) is 2. The van der Waals surface area contributed by atoms with Crippen molar-refractivity contribution in [1.82, 2.24) is 10.2 Å². The topological polar surface area (TPSA) is 50.8 Å². The van der Waals surface area contributed by atoms with Gasteiger partial charge in [-0.05, 0) is 46.2 Å². The predicted molar refractivity (Wildman–Crippen MR) is 79.7 cm³/mol. The molecule has 0 aromatic heterocycles. The van der Waals surface area contributed by atoms with E-state index in [0.717, 1.165) is 19.4 Å². The lowest BCUT2D eigenvalue weighted by molar-refractivity contribution is -0.153. The minimum absolute atomic E-state index is 0.110. The Labute approximate surface area is 123 Å². The molecule has 1 aliphatic carbocycles. The Morgan fingerprint density at radius 1 is 1.45 bits per heavy atom. The van der Waals surface area contributed by atoms with Crippen LogP contribution < -0.4 is 5.32 Å². The molecule has 1 saturated carbocycles. The van der Waals surface area contributed by atoms with Crippen LogP contribution in [0, 0.1) is 5.92 Å². The molecule has 0 radical (unpaired) electrons. The Bertz CT molecular complexity index is 307. The van der Waals surface area contributed by atoms with E-state index in [1.165, 1.54) is 0 Å². The van der Waals surface area contributed by atoms with Crippen LogP contribution in [-0.4, -0.2) is 62.9 Å². The van der Waals surface area contributed by atoms with Gasteiger partial charge in [0.25, 0.3) is 0 Å². The lowest BCUT2D eigenvalue weighted by atomic mass is 9.91. The zero-order valence-electron chi connectivity index (χ0n) is 13.6. The number of nitrogens with zero attached hydrogens (tertiary/aromatic N) is 1. The summed E-state index contributed by atoms with van der Waals surface area (Å²) >= 11 is 0. The molecule has 118 valence electrons. The van der Waals surface area contributed by atoms with Crippen LogP contribution in [0.2, 0.25) is 0 Å². The second-order valence-electron chi connectivity index (χ2n) is 5.72. The number of hydrogen-bond donors (Lipinski definition) is 1. The van der Waals surface area contributed by atoms with Gasteiger partial charge in [-0.2, -0.15) is 0 Å². The van der Waals surface area contributed by atoms with Crippen molar-refractivity contribution in [2.75, 3.05) is 40.5 Å². The summed E-state index contributed by atoms with van der Waals surface area (Å²) < 4.78 is 10.5. The van der Waals surface area contributed by atoms with E-state index in [4.69, 9.17) is 9.47 Å². The molecule has 0 bridgehead atoms. The normalized spacial score (nSPS) is 19.7. The minimum Gasteiger partial charge on any atom is -0.465 e. The molecular weight excluding hydrogens is 256 g/mol. The number of methoxy groups -OCH3 is 1. The molecule has 5 heteroatoms. The first-order chi connectivity index (χ1) is 9.51. The number of carbonyl (C=O) groups excluding carboxylic acids is 1. The first-order valence-corrected chi connectivity index (χ1v) is 7.63. The van der Waals surface area contributed by atoms with E-state index in [-0.39, 0.29) is 12.0 Å². The van der Waals surface area contributed by atoms with Crippen molar-refractivity contribution in [2.24, 2.45) is 5.92 Å². The van der Waals surface area contributed by atoms with E-state index in [9.17, 15) is 4.79 Å². The highest BCUT2D eigenvalue weighted by Gasteiger charge is 2.52. The van der Waals surface area contributed by atoms with Gasteiger partial charge in [-0.3, -0.25) is 4.90 Å². The Morgan fingerprint density at radius 3 is 2.55 bits per heavy atom. The lowest BCUT2D eigenvalue weighted by Crippen LogP contribution is -2.62. The Hall–Kier alpha value is -0.650. The van der Waals surface area contributed by atoms with Crippen molar-refractivity contribution in [3.8, 4) is 0 Å².